The second kappa shape index (κ2) is 18.9. The number of esters is 1. The molecular weight excluding hydrogens is 627 g/mol. The number of nitrogens with one attached hydrogen (secondary N) is 2. The van der Waals surface area contributed by atoms with Crippen molar-refractivity contribution in [1.29, 1.82) is 0 Å². The Morgan fingerprint density at radius 1 is 1.06 bits per heavy atom. The van der Waals surface area contributed by atoms with Crippen molar-refractivity contribution in [3.63, 3.8) is 0 Å². The molecule has 1 aromatic carbocycles. The Hall–Kier alpha value is -3.63. The van der Waals surface area contributed by atoms with Gasteiger partial charge in [0.25, 0.3) is 0 Å². The fourth-order valence-electron chi connectivity index (χ4n) is 7.38. The minimum atomic E-state index is -0.629. The lowest BCUT2D eigenvalue weighted by Crippen LogP contribution is -2.41. The fraction of sp³-hybridized carbons (Fsp3) is 0.684. The SMILES string of the molecule is CCC(CCCC(CF)NC(=O)OC(C)(C)C)C(=O)N1CCC(C2CCCCC2)C1C.CCOC(=O)c1cc2cc(NC=O)ccc2n1C. The minimum Gasteiger partial charge on any atom is -0.461 e. The van der Waals surface area contributed by atoms with Gasteiger partial charge in [0.1, 0.15) is 18.0 Å². The topological polar surface area (TPSA) is 119 Å². The van der Waals surface area contributed by atoms with Crippen molar-refractivity contribution >= 4 is 41.0 Å². The molecule has 274 valence electrons. The number of carbonyl (C=O) groups excluding carboxylic acids is 4. The molecule has 10 nitrogen and oxygen atoms in total. The number of ether oxygens (including phenoxy) is 2. The molecule has 4 atom stereocenters. The molecule has 49 heavy (non-hydrogen) atoms. The average molecular weight is 687 g/mol. The van der Waals surface area contributed by atoms with Crippen LogP contribution in [0.5, 0.6) is 0 Å². The fourth-order valence-corrected chi connectivity index (χ4v) is 7.38. The molecule has 1 aliphatic heterocycles. The number of anilines is 1. The maximum absolute atomic E-state index is 13.4. The molecule has 0 bridgehead atoms. The molecule has 2 heterocycles. The molecule has 1 aliphatic carbocycles. The van der Waals surface area contributed by atoms with Gasteiger partial charge >= 0.3 is 12.1 Å². The number of alkyl carbamates (subject to hydrolysis) is 1. The maximum atomic E-state index is 13.4. The Morgan fingerprint density at radius 3 is 2.39 bits per heavy atom. The summed E-state index contributed by atoms with van der Waals surface area (Å²) in [6.45, 7) is 12.0. The lowest BCUT2D eigenvalue weighted by molar-refractivity contribution is -0.137. The third kappa shape index (κ3) is 11.5. The highest BCUT2D eigenvalue weighted by atomic mass is 19.1. The van der Waals surface area contributed by atoms with Gasteiger partial charge in [0, 0.05) is 42.1 Å². The molecule has 0 spiro atoms. The number of aromatic nitrogens is 1. The number of halogens is 1. The van der Waals surface area contributed by atoms with Crippen LogP contribution in [0.4, 0.5) is 14.9 Å². The first-order valence-corrected chi connectivity index (χ1v) is 18.2. The molecule has 4 unspecified atom stereocenters. The van der Waals surface area contributed by atoms with Gasteiger partial charge < -0.3 is 29.6 Å². The number of hydrogen-bond donors (Lipinski definition) is 2. The van der Waals surface area contributed by atoms with Gasteiger partial charge in [-0.25, -0.2) is 14.0 Å². The molecule has 1 aromatic heterocycles. The first kappa shape index (κ1) is 39.8. The van der Waals surface area contributed by atoms with Crippen molar-refractivity contribution in [2.45, 2.75) is 123 Å². The number of rotatable bonds is 13. The number of alkyl halides is 1. The van der Waals surface area contributed by atoms with Crippen molar-refractivity contribution in [1.82, 2.24) is 14.8 Å². The Kier molecular flexibility index (Phi) is 15.4. The number of fused-ring (bicyclic) bond motifs is 1. The zero-order valence-corrected chi connectivity index (χ0v) is 30.7. The van der Waals surface area contributed by atoms with Crippen LogP contribution in [0.3, 0.4) is 0 Å². The van der Waals surface area contributed by atoms with Crippen molar-refractivity contribution in [2.75, 3.05) is 25.1 Å². The summed E-state index contributed by atoms with van der Waals surface area (Å²) >= 11 is 0. The number of amides is 3. The van der Waals surface area contributed by atoms with Gasteiger partial charge in [0.05, 0.1) is 12.6 Å². The Balaban J connectivity index is 0.000000305. The number of hydrogen-bond acceptors (Lipinski definition) is 6. The van der Waals surface area contributed by atoms with Crippen LogP contribution in [0.1, 0.15) is 116 Å². The van der Waals surface area contributed by atoms with Crippen LogP contribution in [0.15, 0.2) is 24.3 Å². The summed E-state index contributed by atoms with van der Waals surface area (Å²) in [4.78, 5) is 49.4. The molecule has 2 aromatic rings. The second-order valence-corrected chi connectivity index (χ2v) is 14.5. The van der Waals surface area contributed by atoms with E-state index >= 15 is 0 Å². The monoisotopic (exact) mass is 686 g/mol. The molecule has 3 amide bonds. The molecule has 0 radical (unpaired) electrons. The molecule has 1 saturated carbocycles. The van der Waals surface area contributed by atoms with Gasteiger partial charge in [0.2, 0.25) is 12.3 Å². The van der Waals surface area contributed by atoms with Gasteiger partial charge in [-0.3, -0.25) is 9.59 Å². The summed E-state index contributed by atoms with van der Waals surface area (Å²) in [6.07, 6.45) is 10.6. The van der Waals surface area contributed by atoms with Gasteiger partial charge in [-0.1, -0.05) is 45.4 Å². The molecule has 2 aliphatic rings. The van der Waals surface area contributed by atoms with Crippen LogP contribution in [0.2, 0.25) is 0 Å². The largest absolute Gasteiger partial charge is 0.461 e. The molecule has 4 rings (SSSR count). The highest BCUT2D eigenvalue weighted by molar-refractivity contribution is 5.97. The maximum Gasteiger partial charge on any atom is 0.407 e. The lowest BCUT2D eigenvalue weighted by Gasteiger charge is -2.33. The van der Waals surface area contributed by atoms with Crippen LogP contribution in [-0.4, -0.2) is 71.4 Å². The summed E-state index contributed by atoms with van der Waals surface area (Å²) < 4.78 is 25.4. The Bertz CT molecular complexity index is 1380. The van der Waals surface area contributed by atoms with Crippen molar-refractivity contribution in [3.8, 4) is 0 Å². The zero-order valence-electron chi connectivity index (χ0n) is 30.7. The standard InChI is InChI=1S/C25H45FN2O3.C13H14N2O3/c1-6-19(13-10-14-21(17-26)27-24(30)31-25(3,4)5)23(29)28-16-15-22(18(28)2)20-11-8-7-9-12-20;1-3-18-13(17)12-7-9-6-10(14-8-16)4-5-11(9)15(12)2/h18-22H,6-17H2,1-5H3,(H,27,30);4-8H,3H2,1-2H3,(H,14,16). The van der Waals surface area contributed by atoms with Gasteiger partial charge in [-0.2, -0.15) is 0 Å². The average Bonchev–Trinajstić information content (AvgIpc) is 3.61. The van der Waals surface area contributed by atoms with Crippen LogP contribution in [-0.2, 0) is 26.1 Å². The van der Waals surface area contributed by atoms with E-state index in [9.17, 15) is 23.6 Å². The van der Waals surface area contributed by atoms with E-state index in [4.69, 9.17) is 9.47 Å². The number of likely N-dealkylation sites (tertiary alicyclic amines) is 1. The molecule has 2 N–H and O–H groups in total. The number of carbonyl (C=O) groups is 4. The van der Waals surface area contributed by atoms with E-state index in [1.165, 1.54) is 32.1 Å². The highest BCUT2D eigenvalue weighted by Crippen LogP contribution is 2.39. The lowest BCUT2D eigenvalue weighted by atomic mass is 9.77. The molecule has 2 fully saturated rings. The van der Waals surface area contributed by atoms with Crippen molar-refractivity contribution in [2.24, 2.45) is 24.8 Å². The van der Waals surface area contributed by atoms with Crippen LogP contribution in [0.25, 0.3) is 10.9 Å². The normalized spacial score (nSPS) is 19.4. The third-order valence-corrected chi connectivity index (χ3v) is 9.96. The van der Waals surface area contributed by atoms with Crippen molar-refractivity contribution in [3.05, 3.63) is 30.0 Å². The van der Waals surface area contributed by atoms with Gasteiger partial charge in [-0.15, -0.1) is 0 Å². The van der Waals surface area contributed by atoms with E-state index in [0.29, 0.717) is 49.2 Å². The summed E-state index contributed by atoms with van der Waals surface area (Å²) in [6, 6.07) is 6.96. The van der Waals surface area contributed by atoms with E-state index < -0.39 is 24.4 Å². The van der Waals surface area contributed by atoms with Gasteiger partial charge in [-0.05, 0) is 96.4 Å². The summed E-state index contributed by atoms with van der Waals surface area (Å²) in [5.41, 5.74) is 1.50. The smallest absolute Gasteiger partial charge is 0.407 e. The first-order chi connectivity index (χ1) is 23.3. The first-order valence-electron chi connectivity index (χ1n) is 18.2. The number of nitrogens with zero attached hydrogens (tertiary/aromatic N) is 2. The predicted octanol–water partition coefficient (Wildman–Crippen LogP) is 7.79. The molecular formula is C38H59FN4O6. The quantitative estimate of drug-likeness (QED) is 0.164. The van der Waals surface area contributed by atoms with Gasteiger partial charge in [0.15, 0.2) is 0 Å². The van der Waals surface area contributed by atoms with E-state index in [1.54, 1.807) is 51.4 Å². The third-order valence-electron chi connectivity index (χ3n) is 9.96. The van der Waals surface area contributed by atoms with E-state index in [2.05, 4.69) is 29.4 Å². The number of benzene rings is 1. The molecule has 1 saturated heterocycles. The zero-order chi connectivity index (χ0) is 36.1. The van der Waals surface area contributed by atoms with E-state index in [0.717, 1.165) is 42.6 Å². The second-order valence-electron chi connectivity index (χ2n) is 14.5. The predicted molar refractivity (Wildman–Crippen MR) is 191 cm³/mol. The van der Waals surface area contributed by atoms with Crippen molar-refractivity contribution < 1.29 is 33.0 Å². The van der Waals surface area contributed by atoms with Crippen LogP contribution >= 0.6 is 0 Å². The Morgan fingerprint density at radius 2 is 1.78 bits per heavy atom. The van der Waals surface area contributed by atoms with E-state index in [-0.39, 0.29) is 17.8 Å². The minimum absolute atomic E-state index is 0.0191. The Labute approximate surface area is 291 Å². The van der Waals surface area contributed by atoms with Crippen LogP contribution < -0.4 is 10.6 Å². The summed E-state index contributed by atoms with van der Waals surface area (Å²) in [5.74, 6) is 1.34. The van der Waals surface area contributed by atoms with Crippen LogP contribution in [0, 0.1) is 17.8 Å². The highest BCUT2D eigenvalue weighted by Gasteiger charge is 2.40. The summed E-state index contributed by atoms with van der Waals surface area (Å²) in [5, 5.41) is 6.08. The number of aryl methyl sites for hydroxylation is 1. The summed E-state index contributed by atoms with van der Waals surface area (Å²) in [7, 11) is 1.81. The molecule has 11 heteroatoms. The van der Waals surface area contributed by atoms with E-state index in [1.807, 2.05) is 12.1 Å².